The van der Waals surface area contributed by atoms with Crippen LogP contribution in [-0.4, -0.2) is 47.7 Å². The number of likely N-dealkylation sites (tertiary alicyclic amines) is 1. The molecule has 1 aromatic heterocycles. The Morgan fingerprint density at radius 3 is 2.71 bits per heavy atom. The standard InChI is InChI=1S/C17H27N3OS.2ClH/c1-2-18-13-15-6-10-20(11-7-15)17(21)8-12-22-14-16-5-3-4-9-19-16;;/h3-5,9,15,18H,2,6-8,10-14H2,1H3;2*1H. The van der Waals surface area contributed by atoms with Crippen molar-refractivity contribution in [2.24, 2.45) is 5.92 Å². The highest BCUT2D eigenvalue weighted by Gasteiger charge is 2.21. The molecule has 138 valence electrons. The lowest BCUT2D eigenvalue weighted by molar-refractivity contribution is -0.132. The summed E-state index contributed by atoms with van der Waals surface area (Å²) < 4.78 is 0. The number of nitrogens with zero attached hydrogens (tertiary/aromatic N) is 2. The van der Waals surface area contributed by atoms with Gasteiger partial charge in [-0.05, 0) is 44.0 Å². The minimum absolute atomic E-state index is 0. The Bertz CT molecular complexity index is 443. The first-order valence-electron chi connectivity index (χ1n) is 8.25. The van der Waals surface area contributed by atoms with Crippen LogP contribution in [0.2, 0.25) is 0 Å². The number of carbonyl (C=O) groups is 1. The van der Waals surface area contributed by atoms with Crippen molar-refractivity contribution in [2.75, 3.05) is 31.9 Å². The first-order valence-corrected chi connectivity index (χ1v) is 9.41. The number of nitrogens with one attached hydrogen (secondary N) is 1. The predicted molar refractivity (Wildman–Crippen MR) is 107 cm³/mol. The van der Waals surface area contributed by atoms with Gasteiger partial charge in [-0.1, -0.05) is 13.0 Å². The third kappa shape index (κ3) is 8.56. The van der Waals surface area contributed by atoms with Crippen LogP contribution in [0, 0.1) is 5.92 Å². The molecule has 0 atom stereocenters. The van der Waals surface area contributed by atoms with Crippen LogP contribution in [0.5, 0.6) is 0 Å². The zero-order chi connectivity index (χ0) is 15.6. The molecule has 7 heteroatoms. The van der Waals surface area contributed by atoms with Gasteiger partial charge in [0.2, 0.25) is 5.91 Å². The van der Waals surface area contributed by atoms with Gasteiger partial charge in [-0.15, -0.1) is 24.8 Å². The number of carbonyl (C=O) groups excluding carboxylic acids is 1. The number of pyridine rings is 1. The van der Waals surface area contributed by atoms with Crippen LogP contribution in [-0.2, 0) is 10.5 Å². The van der Waals surface area contributed by atoms with Crippen molar-refractivity contribution in [2.45, 2.75) is 31.9 Å². The van der Waals surface area contributed by atoms with E-state index in [2.05, 4.69) is 17.2 Å². The molecule has 0 bridgehead atoms. The number of hydrogen-bond donors (Lipinski definition) is 1. The van der Waals surface area contributed by atoms with Crippen LogP contribution in [0.3, 0.4) is 0 Å². The van der Waals surface area contributed by atoms with Crippen LogP contribution in [0.1, 0.15) is 31.9 Å². The Hall–Kier alpha value is -0.490. The maximum atomic E-state index is 12.2. The van der Waals surface area contributed by atoms with Gasteiger partial charge in [-0.3, -0.25) is 9.78 Å². The largest absolute Gasteiger partial charge is 0.343 e. The second-order valence-corrected chi connectivity index (χ2v) is 6.86. The molecule has 0 saturated carbocycles. The monoisotopic (exact) mass is 393 g/mol. The van der Waals surface area contributed by atoms with Crippen LogP contribution in [0.25, 0.3) is 0 Å². The quantitative estimate of drug-likeness (QED) is 0.687. The Labute approximate surface area is 162 Å². The van der Waals surface area contributed by atoms with Crippen molar-refractivity contribution in [3.8, 4) is 0 Å². The summed E-state index contributed by atoms with van der Waals surface area (Å²) in [5.74, 6) is 2.82. The molecule has 0 radical (unpaired) electrons. The molecule has 2 heterocycles. The van der Waals surface area contributed by atoms with E-state index in [0.29, 0.717) is 12.3 Å². The molecule has 24 heavy (non-hydrogen) atoms. The maximum Gasteiger partial charge on any atom is 0.223 e. The summed E-state index contributed by atoms with van der Waals surface area (Å²) in [5, 5.41) is 3.41. The topological polar surface area (TPSA) is 45.2 Å². The molecule has 1 N–H and O–H groups in total. The Balaban J connectivity index is 0.00000264. The zero-order valence-electron chi connectivity index (χ0n) is 14.3. The molecule has 0 unspecified atom stereocenters. The van der Waals surface area contributed by atoms with Gasteiger partial charge in [0.25, 0.3) is 0 Å². The fraction of sp³-hybridized carbons (Fsp3) is 0.647. The van der Waals surface area contributed by atoms with E-state index in [-0.39, 0.29) is 24.8 Å². The van der Waals surface area contributed by atoms with E-state index in [1.807, 2.05) is 29.3 Å². The molecular formula is C17H29Cl2N3OS. The van der Waals surface area contributed by atoms with Gasteiger partial charge in [0.1, 0.15) is 0 Å². The third-order valence-electron chi connectivity index (χ3n) is 4.09. The number of hydrogen-bond acceptors (Lipinski definition) is 4. The second kappa shape index (κ2) is 13.8. The molecule has 0 aliphatic carbocycles. The van der Waals surface area contributed by atoms with Crippen molar-refractivity contribution >= 4 is 42.5 Å². The van der Waals surface area contributed by atoms with E-state index in [9.17, 15) is 4.79 Å². The van der Waals surface area contributed by atoms with Gasteiger partial charge in [0.05, 0.1) is 5.69 Å². The highest BCUT2D eigenvalue weighted by molar-refractivity contribution is 7.98. The van der Waals surface area contributed by atoms with Crippen LogP contribution in [0.4, 0.5) is 0 Å². The van der Waals surface area contributed by atoms with Gasteiger partial charge in [0, 0.05) is 37.2 Å². The van der Waals surface area contributed by atoms with Crippen molar-refractivity contribution in [1.82, 2.24) is 15.2 Å². The van der Waals surface area contributed by atoms with Crippen molar-refractivity contribution in [3.05, 3.63) is 30.1 Å². The van der Waals surface area contributed by atoms with Gasteiger partial charge >= 0.3 is 0 Å². The van der Waals surface area contributed by atoms with E-state index in [4.69, 9.17) is 0 Å². The lowest BCUT2D eigenvalue weighted by Gasteiger charge is -2.32. The summed E-state index contributed by atoms with van der Waals surface area (Å²) in [6, 6.07) is 5.97. The molecule has 1 aliphatic heterocycles. The molecule has 0 spiro atoms. The maximum absolute atomic E-state index is 12.2. The minimum atomic E-state index is 0. The first kappa shape index (κ1) is 23.5. The lowest BCUT2D eigenvalue weighted by atomic mass is 9.96. The minimum Gasteiger partial charge on any atom is -0.343 e. The summed E-state index contributed by atoms with van der Waals surface area (Å²) in [6.45, 7) is 6.13. The molecular weight excluding hydrogens is 365 g/mol. The normalized spacial score (nSPS) is 14.6. The van der Waals surface area contributed by atoms with E-state index in [0.717, 1.165) is 62.1 Å². The van der Waals surface area contributed by atoms with Crippen molar-refractivity contribution < 1.29 is 4.79 Å². The summed E-state index contributed by atoms with van der Waals surface area (Å²) in [7, 11) is 0. The zero-order valence-corrected chi connectivity index (χ0v) is 16.7. The van der Waals surface area contributed by atoms with Gasteiger partial charge in [-0.2, -0.15) is 11.8 Å². The smallest absolute Gasteiger partial charge is 0.223 e. The Morgan fingerprint density at radius 2 is 2.08 bits per heavy atom. The van der Waals surface area contributed by atoms with E-state index < -0.39 is 0 Å². The Kier molecular flexibility index (Phi) is 13.5. The van der Waals surface area contributed by atoms with Crippen molar-refractivity contribution in [3.63, 3.8) is 0 Å². The van der Waals surface area contributed by atoms with Crippen LogP contribution in [0.15, 0.2) is 24.4 Å². The molecule has 1 aromatic rings. The fourth-order valence-electron chi connectivity index (χ4n) is 2.71. The number of amides is 1. The highest BCUT2D eigenvalue weighted by Crippen LogP contribution is 2.18. The van der Waals surface area contributed by atoms with E-state index in [1.54, 1.807) is 11.8 Å². The molecule has 1 saturated heterocycles. The predicted octanol–water partition coefficient (Wildman–Crippen LogP) is 3.40. The molecule has 1 amide bonds. The average molecular weight is 394 g/mol. The number of rotatable bonds is 8. The average Bonchev–Trinajstić information content (AvgIpc) is 2.58. The fourth-order valence-corrected chi connectivity index (χ4v) is 3.56. The Morgan fingerprint density at radius 1 is 1.33 bits per heavy atom. The molecule has 2 rings (SSSR count). The lowest BCUT2D eigenvalue weighted by Crippen LogP contribution is -2.40. The number of piperidine rings is 1. The summed E-state index contributed by atoms with van der Waals surface area (Å²) in [4.78, 5) is 18.6. The van der Waals surface area contributed by atoms with E-state index >= 15 is 0 Å². The summed E-state index contributed by atoms with van der Waals surface area (Å²) in [5.41, 5.74) is 1.09. The molecule has 1 fully saturated rings. The molecule has 1 aliphatic rings. The van der Waals surface area contributed by atoms with Gasteiger partial charge in [0.15, 0.2) is 0 Å². The number of thioether (sulfide) groups is 1. The van der Waals surface area contributed by atoms with Crippen LogP contribution >= 0.6 is 36.6 Å². The van der Waals surface area contributed by atoms with E-state index in [1.165, 1.54) is 0 Å². The summed E-state index contributed by atoms with van der Waals surface area (Å²) in [6.07, 6.45) is 4.74. The number of aromatic nitrogens is 1. The SMILES string of the molecule is CCNCC1CCN(C(=O)CCSCc2ccccn2)CC1.Cl.Cl. The molecule has 4 nitrogen and oxygen atoms in total. The highest BCUT2D eigenvalue weighted by atomic mass is 35.5. The van der Waals surface area contributed by atoms with Gasteiger partial charge in [-0.25, -0.2) is 0 Å². The first-order chi connectivity index (χ1) is 10.8. The third-order valence-corrected chi connectivity index (χ3v) is 5.08. The second-order valence-electron chi connectivity index (χ2n) is 5.76. The molecule has 0 aromatic carbocycles. The van der Waals surface area contributed by atoms with Gasteiger partial charge < -0.3 is 10.2 Å². The van der Waals surface area contributed by atoms with Crippen molar-refractivity contribution in [1.29, 1.82) is 0 Å². The van der Waals surface area contributed by atoms with Crippen LogP contribution < -0.4 is 5.32 Å². The number of halogens is 2. The summed E-state index contributed by atoms with van der Waals surface area (Å²) >= 11 is 1.79.